The maximum Gasteiger partial charge on any atom is 0.240 e. The summed E-state index contributed by atoms with van der Waals surface area (Å²) in [5.41, 5.74) is 5.25. The van der Waals surface area contributed by atoms with E-state index in [9.17, 15) is 9.59 Å². The number of hydrogen-bond donors (Lipinski definition) is 2. The average molecular weight is 228 g/mol. The molecule has 0 radical (unpaired) electrons. The molecule has 1 aliphatic rings. The Bertz CT molecular complexity index is 260. The van der Waals surface area contributed by atoms with Gasteiger partial charge in [-0.05, 0) is 18.8 Å². The second-order valence-corrected chi connectivity index (χ2v) is 4.65. The van der Waals surface area contributed by atoms with Crippen LogP contribution in [0.3, 0.4) is 0 Å². The van der Waals surface area contributed by atoms with E-state index in [1.807, 2.05) is 13.8 Å². The molecule has 0 aromatic carbocycles. The number of carbonyl (C=O) groups excluding carboxylic acids is 2. The highest BCUT2D eigenvalue weighted by Gasteiger charge is 2.27. The topological polar surface area (TPSA) is 81.4 Å². The zero-order valence-electron chi connectivity index (χ0n) is 9.86. The van der Waals surface area contributed by atoms with Gasteiger partial charge in [-0.1, -0.05) is 13.8 Å². The lowest BCUT2D eigenvalue weighted by atomic mass is 10.0. The van der Waals surface area contributed by atoms with Crippen molar-refractivity contribution < 1.29 is 14.3 Å². The molecule has 2 atom stereocenters. The molecular weight excluding hydrogens is 208 g/mol. The van der Waals surface area contributed by atoms with Crippen LogP contribution in [0, 0.1) is 11.8 Å². The summed E-state index contributed by atoms with van der Waals surface area (Å²) in [5, 5.41) is 2.70. The molecule has 5 heteroatoms. The SMILES string of the molecule is CC(C)C[C@@H](NC(=O)[C@@H]1CCOC1)C(N)=O. The zero-order valence-corrected chi connectivity index (χ0v) is 9.86. The molecule has 92 valence electrons. The Morgan fingerprint density at radius 2 is 2.19 bits per heavy atom. The van der Waals surface area contributed by atoms with Crippen molar-refractivity contribution in [2.45, 2.75) is 32.7 Å². The number of nitrogens with two attached hydrogens (primary N) is 1. The normalized spacial score (nSPS) is 22.1. The minimum Gasteiger partial charge on any atom is -0.381 e. The first-order chi connectivity index (χ1) is 7.50. The summed E-state index contributed by atoms with van der Waals surface area (Å²) in [5.74, 6) is -0.408. The Hall–Kier alpha value is -1.10. The third kappa shape index (κ3) is 3.81. The quantitative estimate of drug-likeness (QED) is 0.697. The van der Waals surface area contributed by atoms with Crippen LogP contribution < -0.4 is 11.1 Å². The fourth-order valence-corrected chi connectivity index (χ4v) is 1.75. The van der Waals surface area contributed by atoms with Crippen LogP contribution >= 0.6 is 0 Å². The maximum atomic E-state index is 11.7. The van der Waals surface area contributed by atoms with Gasteiger partial charge in [0.25, 0.3) is 0 Å². The van der Waals surface area contributed by atoms with Crippen molar-refractivity contribution in [3.63, 3.8) is 0 Å². The number of carbonyl (C=O) groups is 2. The van der Waals surface area contributed by atoms with Crippen LogP contribution in [-0.2, 0) is 14.3 Å². The van der Waals surface area contributed by atoms with Gasteiger partial charge in [-0.2, -0.15) is 0 Å². The molecule has 0 saturated carbocycles. The molecule has 2 amide bonds. The molecule has 1 heterocycles. The molecule has 0 bridgehead atoms. The Morgan fingerprint density at radius 3 is 2.62 bits per heavy atom. The van der Waals surface area contributed by atoms with Crippen LogP contribution in [0.1, 0.15) is 26.7 Å². The van der Waals surface area contributed by atoms with E-state index < -0.39 is 11.9 Å². The fraction of sp³-hybridized carbons (Fsp3) is 0.818. The van der Waals surface area contributed by atoms with E-state index in [0.29, 0.717) is 25.6 Å². The van der Waals surface area contributed by atoms with Gasteiger partial charge in [0.15, 0.2) is 0 Å². The molecule has 0 aliphatic carbocycles. The summed E-state index contributed by atoms with van der Waals surface area (Å²) in [4.78, 5) is 22.9. The summed E-state index contributed by atoms with van der Waals surface area (Å²) < 4.78 is 5.12. The van der Waals surface area contributed by atoms with Gasteiger partial charge in [0.05, 0.1) is 12.5 Å². The van der Waals surface area contributed by atoms with E-state index in [0.717, 1.165) is 6.42 Å². The molecular formula is C11H20N2O3. The molecule has 0 unspecified atom stereocenters. The number of rotatable bonds is 5. The van der Waals surface area contributed by atoms with Gasteiger partial charge in [0, 0.05) is 6.61 Å². The van der Waals surface area contributed by atoms with Crippen molar-refractivity contribution in [3.05, 3.63) is 0 Å². The monoisotopic (exact) mass is 228 g/mol. The second kappa shape index (κ2) is 5.84. The largest absolute Gasteiger partial charge is 0.381 e. The van der Waals surface area contributed by atoms with Gasteiger partial charge < -0.3 is 15.8 Å². The van der Waals surface area contributed by atoms with Gasteiger partial charge in [-0.25, -0.2) is 0 Å². The summed E-state index contributed by atoms with van der Waals surface area (Å²) in [7, 11) is 0. The first kappa shape index (κ1) is 13.0. The highest BCUT2D eigenvalue weighted by molar-refractivity contribution is 5.87. The first-order valence-corrected chi connectivity index (χ1v) is 5.68. The van der Waals surface area contributed by atoms with Gasteiger partial charge >= 0.3 is 0 Å². The van der Waals surface area contributed by atoms with E-state index in [1.165, 1.54) is 0 Å². The predicted octanol–water partition coefficient (Wildman–Crippen LogP) is 0.0391. The first-order valence-electron chi connectivity index (χ1n) is 5.68. The molecule has 16 heavy (non-hydrogen) atoms. The van der Waals surface area contributed by atoms with Crippen LogP contribution in [0.5, 0.6) is 0 Å². The molecule has 0 aromatic heterocycles. The summed E-state index contributed by atoms with van der Waals surface area (Å²) in [6.07, 6.45) is 1.30. The van der Waals surface area contributed by atoms with Crippen molar-refractivity contribution in [2.75, 3.05) is 13.2 Å². The Balaban J connectivity index is 2.47. The van der Waals surface area contributed by atoms with Gasteiger partial charge in [-0.3, -0.25) is 9.59 Å². The molecule has 0 spiro atoms. The molecule has 3 N–H and O–H groups in total. The Labute approximate surface area is 95.7 Å². The third-order valence-electron chi connectivity index (χ3n) is 2.67. The number of nitrogens with one attached hydrogen (secondary N) is 1. The standard InChI is InChI=1S/C11H20N2O3/c1-7(2)5-9(10(12)14)13-11(15)8-3-4-16-6-8/h7-9H,3-6H2,1-2H3,(H2,12,14)(H,13,15)/t8-,9-/m1/s1. The molecule has 1 rings (SSSR count). The summed E-state index contributed by atoms with van der Waals surface area (Å²) >= 11 is 0. The lowest BCUT2D eigenvalue weighted by Crippen LogP contribution is -2.47. The molecule has 1 fully saturated rings. The van der Waals surface area contributed by atoms with E-state index >= 15 is 0 Å². The third-order valence-corrected chi connectivity index (χ3v) is 2.67. The number of primary amides is 1. The number of ether oxygens (including phenoxy) is 1. The van der Waals surface area contributed by atoms with Crippen LogP contribution in [0.4, 0.5) is 0 Å². The van der Waals surface area contributed by atoms with Crippen LogP contribution in [-0.4, -0.2) is 31.1 Å². The summed E-state index contributed by atoms with van der Waals surface area (Å²) in [6.45, 7) is 5.03. The van der Waals surface area contributed by atoms with Crippen molar-refractivity contribution in [1.82, 2.24) is 5.32 Å². The summed E-state index contributed by atoms with van der Waals surface area (Å²) in [6, 6.07) is -0.562. The van der Waals surface area contributed by atoms with Crippen LogP contribution in [0.2, 0.25) is 0 Å². The number of hydrogen-bond acceptors (Lipinski definition) is 3. The average Bonchev–Trinajstić information content (AvgIpc) is 2.68. The van der Waals surface area contributed by atoms with E-state index in [-0.39, 0.29) is 11.8 Å². The van der Waals surface area contributed by atoms with Crippen molar-refractivity contribution >= 4 is 11.8 Å². The Kier molecular flexibility index (Phi) is 4.73. The minimum absolute atomic E-state index is 0.123. The molecule has 0 aromatic rings. The lowest BCUT2D eigenvalue weighted by molar-refractivity contribution is -0.130. The highest BCUT2D eigenvalue weighted by Crippen LogP contribution is 2.13. The zero-order chi connectivity index (χ0) is 12.1. The van der Waals surface area contributed by atoms with Gasteiger partial charge in [-0.15, -0.1) is 0 Å². The highest BCUT2D eigenvalue weighted by atomic mass is 16.5. The molecule has 1 aliphatic heterocycles. The van der Waals surface area contributed by atoms with Crippen LogP contribution in [0.25, 0.3) is 0 Å². The Morgan fingerprint density at radius 1 is 1.50 bits per heavy atom. The van der Waals surface area contributed by atoms with Gasteiger partial charge in [0.1, 0.15) is 6.04 Å². The maximum absolute atomic E-state index is 11.7. The molecule has 1 saturated heterocycles. The second-order valence-electron chi connectivity index (χ2n) is 4.65. The molecule has 5 nitrogen and oxygen atoms in total. The lowest BCUT2D eigenvalue weighted by Gasteiger charge is -2.19. The number of amides is 2. The fourth-order valence-electron chi connectivity index (χ4n) is 1.75. The van der Waals surface area contributed by atoms with Crippen LogP contribution in [0.15, 0.2) is 0 Å². The van der Waals surface area contributed by atoms with E-state index in [2.05, 4.69) is 5.32 Å². The van der Waals surface area contributed by atoms with E-state index in [1.54, 1.807) is 0 Å². The predicted molar refractivity (Wildman–Crippen MR) is 59.5 cm³/mol. The van der Waals surface area contributed by atoms with Crippen molar-refractivity contribution in [1.29, 1.82) is 0 Å². The van der Waals surface area contributed by atoms with Crippen molar-refractivity contribution in [3.8, 4) is 0 Å². The van der Waals surface area contributed by atoms with E-state index in [4.69, 9.17) is 10.5 Å². The smallest absolute Gasteiger partial charge is 0.240 e. The minimum atomic E-state index is -0.562. The van der Waals surface area contributed by atoms with Crippen molar-refractivity contribution in [2.24, 2.45) is 17.6 Å². The van der Waals surface area contributed by atoms with Gasteiger partial charge in [0.2, 0.25) is 11.8 Å².